The van der Waals surface area contributed by atoms with Gasteiger partial charge in [0, 0.05) is 10.6 Å². The average Bonchev–Trinajstić information content (AvgIpc) is 2.96. The summed E-state index contributed by atoms with van der Waals surface area (Å²) in [6, 6.07) is 11.9. The summed E-state index contributed by atoms with van der Waals surface area (Å²) in [4.78, 5) is 11.9. The standard InChI is InChI=1S/C14H9ClN4O2/c15-11-4-1-9(2-5-11)8-16-17-14(20)10-3-6-12-13(7-10)19-21-18-12/h1-8H,(H,17,20)/b16-8-. The fourth-order valence-corrected chi connectivity index (χ4v) is 1.83. The third kappa shape index (κ3) is 3.06. The zero-order valence-corrected chi connectivity index (χ0v) is 11.4. The van der Waals surface area contributed by atoms with Crippen molar-refractivity contribution in [1.82, 2.24) is 15.7 Å². The Hall–Kier alpha value is -2.73. The number of hydrogen-bond acceptors (Lipinski definition) is 5. The molecule has 21 heavy (non-hydrogen) atoms. The van der Waals surface area contributed by atoms with E-state index in [4.69, 9.17) is 11.6 Å². The van der Waals surface area contributed by atoms with Crippen molar-refractivity contribution in [3.05, 3.63) is 58.6 Å². The van der Waals surface area contributed by atoms with E-state index in [1.165, 1.54) is 6.21 Å². The highest BCUT2D eigenvalue weighted by molar-refractivity contribution is 6.30. The van der Waals surface area contributed by atoms with E-state index in [0.717, 1.165) is 5.56 Å². The zero-order valence-electron chi connectivity index (χ0n) is 10.7. The second kappa shape index (κ2) is 5.72. The topological polar surface area (TPSA) is 80.4 Å². The molecule has 104 valence electrons. The molecule has 2 aromatic carbocycles. The predicted molar refractivity (Wildman–Crippen MR) is 78.3 cm³/mol. The highest BCUT2D eigenvalue weighted by atomic mass is 35.5. The lowest BCUT2D eigenvalue weighted by atomic mass is 10.2. The number of halogens is 1. The Bertz CT molecular complexity index is 811. The van der Waals surface area contributed by atoms with Crippen LogP contribution in [0.4, 0.5) is 0 Å². The van der Waals surface area contributed by atoms with Gasteiger partial charge in [-0.3, -0.25) is 4.79 Å². The Balaban J connectivity index is 1.69. The van der Waals surface area contributed by atoms with Gasteiger partial charge >= 0.3 is 0 Å². The molecular weight excluding hydrogens is 292 g/mol. The number of nitrogens with one attached hydrogen (secondary N) is 1. The normalized spacial score (nSPS) is 11.1. The van der Waals surface area contributed by atoms with Crippen molar-refractivity contribution in [2.24, 2.45) is 5.10 Å². The van der Waals surface area contributed by atoms with E-state index >= 15 is 0 Å². The SMILES string of the molecule is O=C(N/N=C\c1ccc(Cl)cc1)c1ccc2nonc2c1. The number of benzene rings is 2. The number of fused-ring (bicyclic) bond motifs is 1. The predicted octanol–water partition coefficient (Wildman–Crippen LogP) is 2.64. The van der Waals surface area contributed by atoms with E-state index in [2.05, 4.69) is 25.5 Å². The van der Waals surface area contributed by atoms with Crippen LogP contribution in [-0.2, 0) is 0 Å². The molecule has 0 spiro atoms. The third-order valence-electron chi connectivity index (χ3n) is 2.77. The van der Waals surface area contributed by atoms with Crippen molar-refractivity contribution in [2.45, 2.75) is 0 Å². The molecule has 0 unspecified atom stereocenters. The molecule has 1 heterocycles. The molecule has 0 atom stereocenters. The highest BCUT2D eigenvalue weighted by Crippen LogP contribution is 2.11. The molecule has 0 aliphatic carbocycles. The van der Waals surface area contributed by atoms with Crippen LogP contribution < -0.4 is 5.43 Å². The van der Waals surface area contributed by atoms with E-state index in [1.807, 2.05) is 0 Å². The molecule has 0 saturated carbocycles. The number of carbonyl (C=O) groups excluding carboxylic acids is 1. The minimum absolute atomic E-state index is 0.342. The van der Waals surface area contributed by atoms with Crippen molar-refractivity contribution in [3.63, 3.8) is 0 Å². The second-order valence-corrected chi connectivity index (χ2v) is 4.65. The van der Waals surface area contributed by atoms with Gasteiger partial charge in [0.2, 0.25) is 0 Å². The van der Waals surface area contributed by atoms with Crippen molar-refractivity contribution in [3.8, 4) is 0 Å². The highest BCUT2D eigenvalue weighted by Gasteiger charge is 2.07. The summed E-state index contributed by atoms with van der Waals surface area (Å²) in [6.45, 7) is 0. The van der Waals surface area contributed by atoms with Gasteiger partial charge < -0.3 is 0 Å². The van der Waals surface area contributed by atoms with Crippen LogP contribution in [0.3, 0.4) is 0 Å². The van der Waals surface area contributed by atoms with Crippen molar-refractivity contribution in [2.75, 3.05) is 0 Å². The first-order valence-electron chi connectivity index (χ1n) is 6.04. The van der Waals surface area contributed by atoms with E-state index < -0.39 is 0 Å². The molecule has 0 bridgehead atoms. The van der Waals surface area contributed by atoms with Gasteiger partial charge in [0.15, 0.2) is 0 Å². The van der Waals surface area contributed by atoms with E-state index in [1.54, 1.807) is 42.5 Å². The van der Waals surface area contributed by atoms with Gasteiger partial charge in [0.05, 0.1) is 6.21 Å². The molecular formula is C14H9ClN4O2. The second-order valence-electron chi connectivity index (χ2n) is 4.22. The molecule has 3 rings (SSSR count). The third-order valence-corrected chi connectivity index (χ3v) is 3.02. The average molecular weight is 301 g/mol. The Labute approximate surface area is 124 Å². The quantitative estimate of drug-likeness (QED) is 0.595. The number of nitrogens with zero attached hydrogens (tertiary/aromatic N) is 3. The van der Waals surface area contributed by atoms with Crippen LogP contribution in [0.1, 0.15) is 15.9 Å². The van der Waals surface area contributed by atoms with Crippen LogP contribution in [0, 0.1) is 0 Å². The van der Waals surface area contributed by atoms with Crippen LogP contribution in [-0.4, -0.2) is 22.4 Å². The van der Waals surface area contributed by atoms with Crippen LogP contribution in [0.15, 0.2) is 52.2 Å². The van der Waals surface area contributed by atoms with Crippen molar-refractivity contribution in [1.29, 1.82) is 0 Å². The van der Waals surface area contributed by atoms with Crippen molar-refractivity contribution >= 4 is 34.8 Å². The number of amides is 1. The summed E-state index contributed by atoms with van der Waals surface area (Å²) in [5, 5.41) is 11.9. The molecule has 0 saturated heterocycles. The van der Waals surface area contributed by atoms with E-state index in [9.17, 15) is 4.79 Å². The Morgan fingerprint density at radius 1 is 1.14 bits per heavy atom. The lowest BCUT2D eigenvalue weighted by molar-refractivity contribution is 0.0955. The fourth-order valence-electron chi connectivity index (χ4n) is 1.70. The summed E-state index contributed by atoms with van der Waals surface area (Å²) in [5.41, 5.74) is 4.80. The lowest BCUT2D eigenvalue weighted by Crippen LogP contribution is -2.17. The first-order chi connectivity index (χ1) is 10.2. The lowest BCUT2D eigenvalue weighted by Gasteiger charge is -1.99. The van der Waals surface area contributed by atoms with E-state index in [0.29, 0.717) is 21.6 Å². The molecule has 1 N–H and O–H groups in total. The maximum atomic E-state index is 11.9. The Morgan fingerprint density at radius 3 is 2.71 bits per heavy atom. The van der Waals surface area contributed by atoms with Gasteiger partial charge in [0.25, 0.3) is 5.91 Å². The monoisotopic (exact) mass is 300 g/mol. The van der Waals surface area contributed by atoms with Crippen LogP contribution >= 0.6 is 11.6 Å². The van der Waals surface area contributed by atoms with Crippen LogP contribution in [0.25, 0.3) is 11.0 Å². The summed E-state index contributed by atoms with van der Waals surface area (Å²) in [6.07, 6.45) is 1.53. The van der Waals surface area contributed by atoms with Crippen molar-refractivity contribution < 1.29 is 9.42 Å². The maximum absolute atomic E-state index is 11.9. The number of rotatable bonds is 3. The molecule has 0 radical (unpaired) electrons. The summed E-state index contributed by atoms with van der Waals surface area (Å²) in [7, 11) is 0. The Morgan fingerprint density at radius 2 is 1.90 bits per heavy atom. The van der Waals surface area contributed by atoms with Gasteiger partial charge in [-0.2, -0.15) is 5.10 Å². The fraction of sp³-hybridized carbons (Fsp3) is 0. The smallest absolute Gasteiger partial charge is 0.267 e. The summed E-state index contributed by atoms with van der Waals surface area (Å²) < 4.78 is 4.58. The first kappa shape index (κ1) is 13.3. The summed E-state index contributed by atoms with van der Waals surface area (Å²) in [5.74, 6) is -0.342. The molecule has 7 heteroatoms. The van der Waals surface area contributed by atoms with E-state index in [-0.39, 0.29) is 5.91 Å². The number of hydrazone groups is 1. The molecule has 0 fully saturated rings. The number of hydrogen-bond donors (Lipinski definition) is 1. The van der Waals surface area contributed by atoms with Crippen LogP contribution in [0.5, 0.6) is 0 Å². The molecule has 6 nitrogen and oxygen atoms in total. The zero-order chi connectivity index (χ0) is 14.7. The van der Waals surface area contributed by atoms with Gasteiger partial charge in [-0.05, 0) is 46.2 Å². The Kier molecular flexibility index (Phi) is 3.61. The molecule has 1 aromatic heterocycles. The number of aromatic nitrogens is 2. The van der Waals surface area contributed by atoms with Gasteiger partial charge in [-0.25, -0.2) is 10.1 Å². The minimum atomic E-state index is -0.342. The first-order valence-corrected chi connectivity index (χ1v) is 6.41. The largest absolute Gasteiger partial charge is 0.271 e. The van der Waals surface area contributed by atoms with Crippen LogP contribution in [0.2, 0.25) is 5.02 Å². The molecule has 0 aliphatic rings. The summed E-state index contributed by atoms with van der Waals surface area (Å²) >= 11 is 5.78. The number of carbonyl (C=O) groups is 1. The van der Waals surface area contributed by atoms with Gasteiger partial charge in [0.1, 0.15) is 11.0 Å². The molecule has 0 aliphatic heterocycles. The van der Waals surface area contributed by atoms with Gasteiger partial charge in [-0.15, -0.1) is 0 Å². The van der Waals surface area contributed by atoms with Gasteiger partial charge in [-0.1, -0.05) is 23.7 Å². The minimum Gasteiger partial charge on any atom is -0.267 e. The molecule has 3 aromatic rings. The molecule has 1 amide bonds. The maximum Gasteiger partial charge on any atom is 0.271 e.